The zero-order valence-corrected chi connectivity index (χ0v) is 15.7. The van der Waals surface area contributed by atoms with Gasteiger partial charge in [-0.2, -0.15) is 0 Å². The third-order valence-electron chi connectivity index (χ3n) is 4.35. The summed E-state index contributed by atoms with van der Waals surface area (Å²) in [4.78, 5) is 4.69. The predicted octanol–water partition coefficient (Wildman–Crippen LogP) is 4.62. The van der Waals surface area contributed by atoms with Crippen molar-refractivity contribution < 1.29 is 4.42 Å². The first-order chi connectivity index (χ1) is 12.8. The lowest BCUT2D eigenvalue weighted by atomic mass is 9.97. The van der Waals surface area contributed by atoms with Gasteiger partial charge in [0.15, 0.2) is 5.11 Å². The summed E-state index contributed by atoms with van der Waals surface area (Å²) in [6.07, 6.45) is 3.77. The van der Waals surface area contributed by atoms with Gasteiger partial charge in [0.1, 0.15) is 5.76 Å². The van der Waals surface area contributed by atoms with E-state index in [9.17, 15) is 0 Å². The smallest absolute Gasteiger partial charge is 0.166 e. The number of thiocarbonyl (C=S) groups is 1. The third-order valence-corrected chi connectivity index (χ3v) is 5.63. The molecule has 0 aliphatic carbocycles. The molecule has 4 rings (SSSR count). The van der Waals surface area contributed by atoms with Crippen molar-refractivity contribution >= 4 is 39.6 Å². The summed E-state index contributed by atoms with van der Waals surface area (Å²) in [6, 6.07) is 16.5. The Kier molecular flexibility index (Phi) is 5.04. The molecular weight excluding hydrogens is 362 g/mol. The van der Waals surface area contributed by atoms with Crippen molar-refractivity contribution in [3.63, 3.8) is 0 Å². The van der Waals surface area contributed by atoms with Gasteiger partial charge < -0.3 is 20.0 Å². The molecule has 0 aliphatic heterocycles. The highest BCUT2D eigenvalue weighted by molar-refractivity contribution is 7.80. The van der Waals surface area contributed by atoms with Crippen LogP contribution >= 0.6 is 23.6 Å². The Hall–Kier alpha value is -2.57. The van der Waals surface area contributed by atoms with Crippen molar-refractivity contribution in [1.82, 2.24) is 15.6 Å². The number of fused-ring (bicyclic) bond motifs is 1. The Bertz CT molecular complexity index is 974. The molecule has 0 spiro atoms. The zero-order valence-electron chi connectivity index (χ0n) is 14.1. The van der Waals surface area contributed by atoms with E-state index in [4.69, 9.17) is 16.6 Å². The Balaban J connectivity index is 1.49. The molecule has 132 valence electrons. The summed E-state index contributed by atoms with van der Waals surface area (Å²) >= 11 is 7.20. The van der Waals surface area contributed by atoms with E-state index in [0.29, 0.717) is 11.7 Å². The van der Waals surface area contributed by atoms with Crippen LogP contribution in [0.15, 0.2) is 70.8 Å². The fourth-order valence-electron chi connectivity index (χ4n) is 3.07. The summed E-state index contributed by atoms with van der Waals surface area (Å²) in [6.45, 7) is 1.31. The molecule has 3 aromatic heterocycles. The first kappa shape index (κ1) is 16.9. The maximum atomic E-state index is 5.43. The van der Waals surface area contributed by atoms with Crippen LogP contribution in [0.4, 0.5) is 0 Å². The minimum absolute atomic E-state index is 0.231. The average molecular weight is 382 g/mol. The zero-order chi connectivity index (χ0) is 17.8. The van der Waals surface area contributed by atoms with Crippen molar-refractivity contribution in [2.45, 2.75) is 12.5 Å². The summed E-state index contributed by atoms with van der Waals surface area (Å²) in [5, 5.41) is 10.5. The molecule has 26 heavy (non-hydrogen) atoms. The number of thiophene rings is 1. The van der Waals surface area contributed by atoms with Crippen LogP contribution in [0.2, 0.25) is 0 Å². The van der Waals surface area contributed by atoms with Crippen LogP contribution in [0.5, 0.6) is 0 Å². The summed E-state index contributed by atoms with van der Waals surface area (Å²) in [5.74, 6) is 1.09. The first-order valence-corrected chi connectivity index (χ1v) is 9.73. The fourth-order valence-corrected chi connectivity index (χ4v) is 4.07. The summed E-state index contributed by atoms with van der Waals surface area (Å²) < 4.78 is 5.32. The monoisotopic (exact) mass is 381 g/mol. The molecule has 0 saturated heterocycles. The Labute approximate surface area is 161 Å². The van der Waals surface area contributed by atoms with Crippen molar-refractivity contribution in [2.75, 3.05) is 6.54 Å². The Morgan fingerprint density at radius 2 is 2.04 bits per heavy atom. The number of H-pyrrole nitrogens is 1. The molecule has 1 aromatic carbocycles. The molecule has 0 fully saturated rings. The van der Waals surface area contributed by atoms with Crippen LogP contribution < -0.4 is 10.6 Å². The predicted molar refractivity (Wildman–Crippen MR) is 111 cm³/mol. The minimum Gasteiger partial charge on any atom is -0.467 e. The van der Waals surface area contributed by atoms with Crippen LogP contribution in [-0.2, 0) is 6.54 Å². The number of rotatable bonds is 6. The molecule has 0 aliphatic rings. The van der Waals surface area contributed by atoms with Crippen molar-refractivity contribution in [3.8, 4) is 0 Å². The average Bonchev–Trinajstić information content (AvgIpc) is 3.42. The largest absolute Gasteiger partial charge is 0.467 e. The van der Waals surface area contributed by atoms with E-state index in [1.165, 1.54) is 15.8 Å². The SMILES string of the molecule is S=C(NCc1ccco1)NC[C@@H](c1cccs1)c1c[nH]c2ccccc12. The second kappa shape index (κ2) is 7.76. The van der Waals surface area contributed by atoms with E-state index in [-0.39, 0.29) is 5.92 Å². The van der Waals surface area contributed by atoms with Crippen LogP contribution in [-0.4, -0.2) is 16.6 Å². The number of para-hydroxylation sites is 1. The number of nitrogens with one attached hydrogen (secondary N) is 3. The topological polar surface area (TPSA) is 53.0 Å². The first-order valence-electron chi connectivity index (χ1n) is 8.45. The number of aromatic amines is 1. The van der Waals surface area contributed by atoms with Gasteiger partial charge in [0.2, 0.25) is 0 Å². The van der Waals surface area contributed by atoms with Crippen LogP contribution in [0.25, 0.3) is 10.9 Å². The van der Waals surface area contributed by atoms with Crippen molar-refractivity contribution in [3.05, 3.63) is 82.6 Å². The van der Waals surface area contributed by atoms with Gasteiger partial charge in [-0.25, -0.2) is 0 Å². The van der Waals surface area contributed by atoms with Gasteiger partial charge in [0.05, 0.1) is 12.8 Å². The van der Waals surface area contributed by atoms with E-state index >= 15 is 0 Å². The van der Waals surface area contributed by atoms with Crippen molar-refractivity contribution in [2.24, 2.45) is 0 Å². The maximum absolute atomic E-state index is 5.43. The molecule has 0 bridgehead atoms. The lowest BCUT2D eigenvalue weighted by Gasteiger charge is -2.18. The van der Waals surface area contributed by atoms with Gasteiger partial charge in [0, 0.05) is 34.4 Å². The van der Waals surface area contributed by atoms with Gasteiger partial charge >= 0.3 is 0 Å². The van der Waals surface area contributed by atoms with Crippen LogP contribution in [0, 0.1) is 0 Å². The minimum atomic E-state index is 0.231. The maximum Gasteiger partial charge on any atom is 0.166 e. The Morgan fingerprint density at radius 1 is 1.12 bits per heavy atom. The number of aromatic nitrogens is 1. The second-order valence-corrected chi connectivity index (χ2v) is 7.39. The van der Waals surface area contributed by atoms with E-state index < -0.39 is 0 Å². The highest BCUT2D eigenvalue weighted by Gasteiger charge is 2.19. The number of hydrogen-bond donors (Lipinski definition) is 3. The normalized spacial score (nSPS) is 12.2. The number of benzene rings is 1. The molecule has 3 N–H and O–H groups in total. The molecule has 3 heterocycles. The molecule has 0 radical (unpaired) electrons. The highest BCUT2D eigenvalue weighted by atomic mass is 32.1. The van der Waals surface area contributed by atoms with E-state index in [0.717, 1.165) is 17.8 Å². The van der Waals surface area contributed by atoms with Crippen LogP contribution in [0.3, 0.4) is 0 Å². The molecular formula is C20H19N3OS2. The van der Waals surface area contributed by atoms with Crippen molar-refractivity contribution in [1.29, 1.82) is 0 Å². The summed E-state index contributed by atoms with van der Waals surface area (Å²) in [5.41, 5.74) is 2.44. The molecule has 4 nitrogen and oxygen atoms in total. The van der Waals surface area contributed by atoms with E-state index in [1.54, 1.807) is 17.6 Å². The number of furan rings is 1. The lowest BCUT2D eigenvalue weighted by Crippen LogP contribution is -2.37. The highest BCUT2D eigenvalue weighted by Crippen LogP contribution is 2.32. The molecule has 0 unspecified atom stereocenters. The molecule has 0 amide bonds. The number of hydrogen-bond acceptors (Lipinski definition) is 3. The van der Waals surface area contributed by atoms with Gasteiger partial charge in [-0.05, 0) is 47.4 Å². The summed E-state index contributed by atoms with van der Waals surface area (Å²) in [7, 11) is 0. The van der Waals surface area contributed by atoms with Gasteiger partial charge in [-0.15, -0.1) is 11.3 Å². The van der Waals surface area contributed by atoms with Gasteiger partial charge in [0.25, 0.3) is 0 Å². The quantitative estimate of drug-likeness (QED) is 0.427. The van der Waals surface area contributed by atoms with E-state index in [2.05, 4.69) is 63.6 Å². The molecule has 4 aromatic rings. The standard InChI is InChI=1S/C20H19N3OS2/c25-20(22-11-14-5-3-9-24-14)23-13-17(19-8-4-10-26-19)16-12-21-18-7-2-1-6-15(16)18/h1-10,12,17,21H,11,13H2,(H2,22,23,25)/t17-/m1/s1. The molecule has 0 saturated carbocycles. The third kappa shape index (κ3) is 3.66. The lowest BCUT2D eigenvalue weighted by molar-refractivity contribution is 0.502. The van der Waals surface area contributed by atoms with Gasteiger partial charge in [-0.3, -0.25) is 0 Å². The Morgan fingerprint density at radius 3 is 2.85 bits per heavy atom. The van der Waals surface area contributed by atoms with E-state index in [1.807, 2.05) is 12.1 Å². The van der Waals surface area contributed by atoms with Crippen LogP contribution in [0.1, 0.15) is 22.1 Å². The van der Waals surface area contributed by atoms with Gasteiger partial charge in [-0.1, -0.05) is 24.3 Å². The molecule has 6 heteroatoms. The molecule has 1 atom stereocenters. The fraction of sp³-hybridized carbons (Fsp3) is 0.150. The second-order valence-electron chi connectivity index (χ2n) is 6.00.